The number of hydrogen-bond donors (Lipinski definition) is 1. The van der Waals surface area contributed by atoms with Gasteiger partial charge in [0.25, 0.3) is 0 Å². The molecule has 0 aliphatic carbocycles. The minimum atomic E-state index is 0.0741. The zero-order valence-electron chi connectivity index (χ0n) is 21.5. The number of benzene rings is 4. The lowest BCUT2D eigenvalue weighted by Gasteiger charge is -2.28. The van der Waals surface area contributed by atoms with Gasteiger partial charge in [-0.1, -0.05) is 121 Å². The molecule has 4 aromatic carbocycles. The fraction of sp³-hybridized carbons (Fsp3) is 0.265. The molecule has 1 saturated heterocycles. The van der Waals surface area contributed by atoms with E-state index in [-0.39, 0.29) is 23.9 Å². The van der Waals surface area contributed by atoms with Crippen molar-refractivity contribution in [1.29, 1.82) is 0 Å². The van der Waals surface area contributed by atoms with Gasteiger partial charge < -0.3 is 10.2 Å². The minimum Gasteiger partial charge on any atom is -0.342 e. The first-order valence-electron chi connectivity index (χ1n) is 13.4. The van der Waals surface area contributed by atoms with Crippen molar-refractivity contribution in [2.75, 3.05) is 13.1 Å². The lowest BCUT2D eigenvalue weighted by atomic mass is 9.88. The highest BCUT2D eigenvalue weighted by Crippen LogP contribution is 2.31. The molecule has 2 atom stereocenters. The molecule has 0 saturated carbocycles. The third-order valence-electron chi connectivity index (χ3n) is 7.76. The van der Waals surface area contributed by atoms with Crippen LogP contribution in [0.5, 0.6) is 0 Å². The highest BCUT2D eigenvalue weighted by Gasteiger charge is 2.32. The average molecular weight is 489 g/mol. The van der Waals surface area contributed by atoms with Crippen molar-refractivity contribution in [3.63, 3.8) is 0 Å². The van der Waals surface area contributed by atoms with Crippen LogP contribution >= 0.6 is 0 Å². The lowest BCUT2D eigenvalue weighted by molar-refractivity contribution is -0.130. The number of carbonyl (C=O) groups excluding carboxylic acids is 1. The molecule has 0 aromatic heterocycles. The first-order chi connectivity index (χ1) is 18.2. The van der Waals surface area contributed by atoms with Crippen molar-refractivity contribution >= 4 is 5.91 Å². The number of carbonyl (C=O) groups is 1. The maximum absolute atomic E-state index is 13.5. The molecule has 37 heavy (non-hydrogen) atoms. The highest BCUT2D eigenvalue weighted by molar-refractivity contribution is 5.78. The van der Waals surface area contributed by atoms with E-state index >= 15 is 0 Å². The van der Waals surface area contributed by atoms with Crippen molar-refractivity contribution in [2.24, 2.45) is 5.92 Å². The molecule has 1 fully saturated rings. The first kappa shape index (κ1) is 25.0. The van der Waals surface area contributed by atoms with Crippen LogP contribution in [0.3, 0.4) is 0 Å². The van der Waals surface area contributed by atoms with Gasteiger partial charge in [-0.3, -0.25) is 4.79 Å². The van der Waals surface area contributed by atoms with Crippen LogP contribution in [-0.4, -0.2) is 29.9 Å². The van der Waals surface area contributed by atoms with Crippen molar-refractivity contribution < 1.29 is 4.79 Å². The van der Waals surface area contributed by atoms with Gasteiger partial charge in [0, 0.05) is 31.5 Å². The second-order valence-electron chi connectivity index (χ2n) is 10.2. The van der Waals surface area contributed by atoms with E-state index in [1.165, 1.54) is 22.3 Å². The van der Waals surface area contributed by atoms with Crippen LogP contribution in [-0.2, 0) is 4.79 Å². The van der Waals surface area contributed by atoms with Crippen LogP contribution in [0.25, 0.3) is 0 Å². The minimum absolute atomic E-state index is 0.0741. The Morgan fingerprint density at radius 3 is 1.62 bits per heavy atom. The number of rotatable bonds is 9. The zero-order valence-corrected chi connectivity index (χ0v) is 21.5. The van der Waals surface area contributed by atoms with E-state index in [0.29, 0.717) is 12.3 Å². The van der Waals surface area contributed by atoms with E-state index in [0.717, 1.165) is 19.5 Å². The monoisotopic (exact) mass is 488 g/mol. The third-order valence-corrected chi connectivity index (χ3v) is 7.76. The SMILES string of the molecule is CC(NC(c1ccccc1)c1ccccc1)C1CCN(C(=O)CC(c2ccccc2)c2ccccc2)C1. The molecule has 4 aromatic rings. The Kier molecular flexibility index (Phi) is 8.12. The van der Waals surface area contributed by atoms with E-state index in [1.54, 1.807) is 0 Å². The molecule has 1 heterocycles. The molecular formula is C34H36N2O. The quantitative estimate of drug-likeness (QED) is 0.280. The van der Waals surface area contributed by atoms with Gasteiger partial charge in [0.2, 0.25) is 5.91 Å². The summed E-state index contributed by atoms with van der Waals surface area (Å²) in [4.78, 5) is 15.6. The Balaban J connectivity index is 1.26. The summed E-state index contributed by atoms with van der Waals surface area (Å²) in [6, 6.07) is 42.5. The number of likely N-dealkylation sites (tertiary alicyclic amines) is 1. The Bertz CT molecular complexity index is 1170. The lowest BCUT2D eigenvalue weighted by Crippen LogP contribution is -2.39. The molecule has 188 valence electrons. The normalized spacial score (nSPS) is 16.3. The summed E-state index contributed by atoms with van der Waals surface area (Å²) in [5.41, 5.74) is 4.92. The Morgan fingerprint density at radius 2 is 1.16 bits per heavy atom. The molecule has 1 aliphatic heterocycles. The fourth-order valence-electron chi connectivity index (χ4n) is 5.60. The Morgan fingerprint density at radius 1 is 0.730 bits per heavy atom. The molecule has 3 nitrogen and oxygen atoms in total. The number of amides is 1. The van der Waals surface area contributed by atoms with E-state index < -0.39 is 0 Å². The van der Waals surface area contributed by atoms with Crippen molar-refractivity contribution in [3.05, 3.63) is 144 Å². The van der Waals surface area contributed by atoms with E-state index in [2.05, 4.69) is 126 Å². The van der Waals surface area contributed by atoms with Crippen LogP contribution in [0.4, 0.5) is 0 Å². The molecule has 1 aliphatic rings. The summed E-state index contributed by atoms with van der Waals surface area (Å²) in [6.45, 7) is 3.90. The predicted molar refractivity (Wildman–Crippen MR) is 151 cm³/mol. The maximum atomic E-state index is 13.5. The first-order valence-corrected chi connectivity index (χ1v) is 13.4. The van der Waals surface area contributed by atoms with Crippen LogP contribution in [0, 0.1) is 5.92 Å². The molecule has 1 amide bonds. The van der Waals surface area contributed by atoms with Crippen molar-refractivity contribution in [3.8, 4) is 0 Å². The smallest absolute Gasteiger partial charge is 0.223 e. The topological polar surface area (TPSA) is 32.3 Å². The predicted octanol–water partition coefficient (Wildman–Crippen LogP) is 6.82. The largest absolute Gasteiger partial charge is 0.342 e. The summed E-state index contributed by atoms with van der Waals surface area (Å²) in [7, 11) is 0. The Labute approximate surface area is 221 Å². The van der Waals surface area contributed by atoms with Gasteiger partial charge in [-0.05, 0) is 41.5 Å². The molecule has 0 bridgehead atoms. The fourth-order valence-corrected chi connectivity index (χ4v) is 5.60. The van der Waals surface area contributed by atoms with Crippen molar-refractivity contribution in [2.45, 2.75) is 37.8 Å². The van der Waals surface area contributed by atoms with Gasteiger partial charge in [0.05, 0.1) is 6.04 Å². The standard InChI is InChI=1S/C34H36N2O/c1-26(35-34(29-18-10-4-11-19-29)30-20-12-5-13-21-30)31-22-23-36(25-31)33(37)24-32(27-14-6-2-7-15-27)28-16-8-3-9-17-28/h2-21,26,31-32,34-35H,22-25H2,1H3. The van der Waals surface area contributed by atoms with E-state index in [1.807, 2.05) is 12.1 Å². The number of hydrogen-bond acceptors (Lipinski definition) is 2. The van der Waals surface area contributed by atoms with Crippen LogP contribution in [0.1, 0.15) is 54.0 Å². The average Bonchev–Trinajstić information content (AvgIpc) is 3.47. The maximum Gasteiger partial charge on any atom is 0.223 e. The summed E-state index contributed by atoms with van der Waals surface area (Å²) in [5.74, 6) is 0.742. The molecule has 3 heteroatoms. The summed E-state index contributed by atoms with van der Waals surface area (Å²) >= 11 is 0. The zero-order chi connectivity index (χ0) is 25.5. The van der Waals surface area contributed by atoms with E-state index in [9.17, 15) is 4.79 Å². The molecule has 5 rings (SSSR count). The van der Waals surface area contributed by atoms with Gasteiger partial charge in [-0.25, -0.2) is 0 Å². The van der Waals surface area contributed by atoms with Crippen LogP contribution in [0.15, 0.2) is 121 Å². The second kappa shape index (κ2) is 12.0. The molecule has 2 unspecified atom stereocenters. The summed E-state index contributed by atoms with van der Waals surface area (Å²) in [5, 5.41) is 3.91. The van der Waals surface area contributed by atoms with Crippen LogP contribution in [0.2, 0.25) is 0 Å². The molecule has 0 spiro atoms. The van der Waals surface area contributed by atoms with Gasteiger partial charge in [-0.15, -0.1) is 0 Å². The highest BCUT2D eigenvalue weighted by atomic mass is 16.2. The van der Waals surface area contributed by atoms with Gasteiger partial charge in [0.1, 0.15) is 0 Å². The molecular weight excluding hydrogens is 452 g/mol. The van der Waals surface area contributed by atoms with E-state index in [4.69, 9.17) is 0 Å². The Hall–Kier alpha value is -3.69. The van der Waals surface area contributed by atoms with Crippen molar-refractivity contribution in [1.82, 2.24) is 10.2 Å². The number of nitrogens with zero attached hydrogens (tertiary/aromatic N) is 1. The second-order valence-corrected chi connectivity index (χ2v) is 10.2. The van der Waals surface area contributed by atoms with Gasteiger partial charge >= 0.3 is 0 Å². The summed E-state index contributed by atoms with van der Waals surface area (Å²) < 4.78 is 0. The molecule has 0 radical (unpaired) electrons. The van der Waals surface area contributed by atoms with Gasteiger partial charge in [-0.2, -0.15) is 0 Å². The van der Waals surface area contributed by atoms with Gasteiger partial charge in [0.15, 0.2) is 0 Å². The molecule has 1 N–H and O–H groups in total. The van der Waals surface area contributed by atoms with Crippen LogP contribution < -0.4 is 5.32 Å². The third kappa shape index (κ3) is 6.18. The number of nitrogens with one attached hydrogen (secondary N) is 1. The summed E-state index contributed by atoms with van der Waals surface area (Å²) in [6.07, 6.45) is 1.52.